The summed E-state index contributed by atoms with van der Waals surface area (Å²) in [5.41, 5.74) is 3.64. The fourth-order valence-electron chi connectivity index (χ4n) is 3.86. The number of hydrogen-bond acceptors (Lipinski definition) is 3. The molecule has 0 atom stereocenters. The number of aromatic nitrogens is 1. The number of carbonyl (C=O) groups excluding carboxylic acids is 2. The van der Waals surface area contributed by atoms with Crippen molar-refractivity contribution >= 4 is 51.5 Å². The second-order valence-corrected chi connectivity index (χ2v) is 9.18. The summed E-state index contributed by atoms with van der Waals surface area (Å²) in [6, 6.07) is 21.4. The molecule has 0 N–H and O–H groups in total. The van der Waals surface area contributed by atoms with Crippen LogP contribution < -0.4 is 0 Å². The molecule has 0 spiro atoms. The van der Waals surface area contributed by atoms with Crippen LogP contribution in [0.5, 0.6) is 0 Å². The van der Waals surface area contributed by atoms with Gasteiger partial charge in [-0.25, -0.2) is 4.39 Å². The highest BCUT2D eigenvalue weighted by Gasteiger charge is 2.35. The van der Waals surface area contributed by atoms with Gasteiger partial charge in [0.1, 0.15) is 5.82 Å². The van der Waals surface area contributed by atoms with E-state index in [0.29, 0.717) is 16.5 Å². The monoisotopic (exact) mass is 476 g/mol. The number of para-hydroxylation sites is 1. The molecule has 0 radical (unpaired) electrons. The molecule has 1 aromatic heterocycles. The average molecular weight is 477 g/mol. The van der Waals surface area contributed by atoms with Crippen LogP contribution in [-0.4, -0.2) is 20.6 Å². The minimum Gasteiger partial charge on any atom is -0.342 e. The van der Waals surface area contributed by atoms with Crippen molar-refractivity contribution < 1.29 is 14.0 Å². The lowest BCUT2D eigenvalue weighted by molar-refractivity contribution is -0.123. The van der Waals surface area contributed by atoms with E-state index in [1.807, 2.05) is 30.5 Å². The van der Waals surface area contributed by atoms with Gasteiger partial charge in [-0.3, -0.25) is 14.5 Å². The van der Waals surface area contributed by atoms with Gasteiger partial charge in [-0.1, -0.05) is 54.1 Å². The minimum atomic E-state index is -0.310. The van der Waals surface area contributed by atoms with Gasteiger partial charge in [-0.2, -0.15) is 0 Å². The summed E-state index contributed by atoms with van der Waals surface area (Å²) in [6.07, 6.45) is 3.73. The summed E-state index contributed by atoms with van der Waals surface area (Å²) in [5.74, 6) is -0.582. The Morgan fingerprint density at radius 3 is 2.30 bits per heavy atom. The number of fused-ring (bicyclic) bond motifs is 1. The maximum Gasteiger partial charge on any atom is 0.293 e. The lowest BCUT2D eigenvalue weighted by Gasteiger charge is -2.12. The maximum atomic E-state index is 13.3. The standard InChI is InChI=1S/C26H18ClFN2O2S/c27-20-9-5-18(6-10-20)15-30-25(31)24(33-26(30)32)13-19-16-29(23-4-2-1-3-22(19)23)14-17-7-11-21(28)12-8-17/h1-13,16H,14-15H2/b24-13-. The smallest absolute Gasteiger partial charge is 0.293 e. The third kappa shape index (κ3) is 4.45. The Bertz CT molecular complexity index is 1390. The number of nitrogens with zero attached hydrogens (tertiary/aromatic N) is 2. The highest BCUT2D eigenvalue weighted by molar-refractivity contribution is 8.18. The van der Waals surface area contributed by atoms with Crippen LogP contribution in [0, 0.1) is 5.82 Å². The first-order valence-corrected chi connectivity index (χ1v) is 11.5. The van der Waals surface area contributed by atoms with Crippen molar-refractivity contribution in [1.29, 1.82) is 0 Å². The topological polar surface area (TPSA) is 42.3 Å². The molecule has 33 heavy (non-hydrogen) atoms. The summed E-state index contributed by atoms with van der Waals surface area (Å²) in [4.78, 5) is 27.2. The van der Waals surface area contributed by atoms with Gasteiger partial charge < -0.3 is 4.57 Å². The molecule has 164 valence electrons. The number of carbonyl (C=O) groups is 2. The second-order valence-electron chi connectivity index (χ2n) is 7.75. The summed E-state index contributed by atoms with van der Waals surface area (Å²) in [6.45, 7) is 0.762. The lowest BCUT2D eigenvalue weighted by Crippen LogP contribution is -2.27. The number of halogens is 2. The van der Waals surface area contributed by atoms with Gasteiger partial charge in [0.15, 0.2) is 0 Å². The van der Waals surface area contributed by atoms with Crippen LogP contribution in [0.1, 0.15) is 16.7 Å². The summed E-state index contributed by atoms with van der Waals surface area (Å²) < 4.78 is 15.3. The molecule has 3 aromatic carbocycles. The molecule has 0 bridgehead atoms. The van der Waals surface area contributed by atoms with E-state index in [1.165, 1.54) is 17.0 Å². The van der Waals surface area contributed by atoms with E-state index in [4.69, 9.17) is 11.6 Å². The molecule has 0 saturated carbocycles. The largest absolute Gasteiger partial charge is 0.342 e. The van der Waals surface area contributed by atoms with E-state index in [2.05, 4.69) is 4.57 Å². The van der Waals surface area contributed by atoms with Gasteiger partial charge in [0.05, 0.1) is 11.4 Å². The summed E-state index contributed by atoms with van der Waals surface area (Å²) in [7, 11) is 0. The van der Waals surface area contributed by atoms with Crippen molar-refractivity contribution in [3.63, 3.8) is 0 Å². The zero-order valence-corrected chi connectivity index (χ0v) is 18.9. The SMILES string of the molecule is O=C1S/C(=C\c2cn(Cc3ccc(F)cc3)c3ccccc23)C(=O)N1Cc1ccc(Cl)cc1. The molecule has 1 fully saturated rings. The van der Waals surface area contributed by atoms with Gasteiger partial charge in [0, 0.05) is 34.2 Å². The van der Waals surface area contributed by atoms with E-state index in [9.17, 15) is 14.0 Å². The Hall–Kier alpha value is -3.35. The Balaban J connectivity index is 1.45. The van der Waals surface area contributed by atoms with Gasteiger partial charge in [0.25, 0.3) is 11.1 Å². The van der Waals surface area contributed by atoms with E-state index >= 15 is 0 Å². The first-order chi connectivity index (χ1) is 16.0. The first kappa shape index (κ1) is 21.5. The normalized spacial score (nSPS) is 15.2. The number of benzene rings is 3. The van der Waals surface area contributed by atoms with Crippen LogP contribution in [0.2, 0.25) is 5.02 Å². The molecule has 0 unspecified atom stereocenters. The van der Waals surface area contributed by atoms with Crippen molar-refractivity contribution in [3.05, 3.63) is 111 Å². The van der Waals surface area contributed by atoms with E-state index in [0.717, 1.165) is 39.4 Å². The van der Waals surface area contributed by atoms with Gasteiger partial charge >= 0.3 is 0 Å². The summed E-state index contributed by atoms with van der Waals surface area (Å²) >= 11 is 6.87. The van der Waals surface area contributed by atoms with Crippen molar-refractivity contribution in [2.45, 2.75) is 13.1 Å². The molecule has 2 heterocycles. The minimum absolute atomic E-state index is 0.200. The lowest BCUT2D eigenvalue weighted by atomic mass is 10.1. The van der Waals surface area contributed by atoms with Crippen LogP contribution in [0.4, 0.5) is 9.18 Å². The van der Waals surface area contributed by atoms with Crippen molar-refractivity contribution in [2.75, 3.05) is 0 Å². The molecular weight excluding hydrogens is 459 g/mol. The highest BCUT2D eigenvalue weighted by atomic mass is 35.5. The van der Waals surface area contributed by atoms with Crippen molar-refractivity contribution in [3.8, 4) is 0 Å². The van der Waals surface area contributed by atoms with Gasteiger partial charge in [0.2, 0.25) is 0 Å². The molecule has 1 aliphatic heterocycles. The van der Waals surface area contributed by atoms with Crippen molar-refractivity contribution in [2.24, 2.45) is 0 Å². The van der Waals surface area contributed by atoms with Crippen LogP contribution in [-0.2, 0) is 17.9 Å². The molecule has 1 aliphatic rings. The fraction of sp³-hybridized carbons (Fsp3) is 0.0769. The van der Waals surface area contributed by atoms with E-state index in [-0.39, 0.29) is 23.5 Å². The number of thioether (sulfide) groups is 1. The van der Waals surface area contributed by atoms with Gasteiger partial charge in [-0.05, 0) is 59.3 Å². The molecule has 7 heteroatoms. The number of amides is 2. The van der Waals surface area contributed by atoms with Crippen LogP contribution >= 0.6 is 23.4 Å². The van der Waals surface area contributed by atoms with E-state index < -0.39 is 0 Å². The molecular formula is C26H18ClFN2O2S. The first-order valence-electron chi connectivity index (χ1n) is 10.3. The van der Waals surface area contributed by atoms with E-state index in [1.54, 1.807) is 42.5 Å². The Morgan fingerprint density at radius 2 is 1.55 bits per heavy atom. The van der Waals surface area contributed by atoms with Crippen LogP contribution in [0.15, 0.2) is 83.9 Å². The molecule has 5 rings (SSSR count). The highest BCUT2D eigenvalue weighted by Crippen LogP contribution is 2.35. The third-order valence-corrected chi connectivity index (χ3v) is 6.66. The summed E-state index contributed by atoms with van der Waals surface area (Å²) in [5, 5.41) is 1.28. The number of imide groups is 1. The van der Waals surface area contributed by atoms with Crippen LogP contribution in [0.3, 0.4) is 0 Å². The third-order valence-electron chi connectivity index (χ3n) is 5.50. The quantitative estimate of drug-likeness (QED) is 0.300. The zero-order chi connectivity index (χ0) is 22.9. The maximum absolute atomic E-state index is 13.3. The molecule has 0 aliphatic carbocycles. The number of rotatable bonds is 5. The zero-order valence-electron chi connectivity index (χ0n) is 17.4. The molecule has 4 aromatic rings. The Morgan fingerprint density at radius 1 is 0.879 bits per heavy atom. The predicted molar refractivity (Wildman–Crippen MR) is 130 cm³/mol. The Kier molecular flexibility index (Phi) is 5.79. The molecule has 2 amide bonds. The van der Waals surface area contributed by atoms with Gasteiger partial charge in [-0.15, -0.1) is 0 Å². The average Bonchev–Trinajstić information content (AvgIpc) is 3.29. The van der Waals surface area contributed by atoms with Crippen LogP contribution in [0.25, 0.3) is 17.0 Å². The van der Waals surface area contributed by atoms with Crippen molar-refractivity contribution in [1.82, 2.24) is 9.47 Å². The second kappa shape index (κ2) is 8.89. The molecule has 4 nitrogen and oxygen atoms in total. The Labute approximate surface area is 199 Å². The number of hydrogen-bond donors (Lipinski definition) is 0. The predicted octanol–water partition coefficient (Wildman–Crippen LogP) is 6.72. The molecule has 1 saturated heterocycles. The fourth-order valence-corrected chi connectivity index (χ4v) is 4.81.